The summed E-state index contributed by atoms with van der Waals surface area (Å²) < 4.78 is 4.89. The Balaban J connectivity index is 2.79. The molecular weight excluding hydrogens is 272 g/mol. The van der Waals surface area contributed by atoms with E-state index in [1.807, 2.05) is 0 Å². The molecule has 0 aliphatic rings. The highest BCUT2D eigenvalue weighted by Gasteiger charge is 2.15. The molecule has 1 aromatic carbocycles. The number of carbonyl (C=O) groups is 1. The van der Waals surface area contributed by atoms with Crippen molar-refractivity contribution in [2.24, 2.45) is 5.73 Å². The third kappa shape index (κ3) is 3.85. The average Bonchev–Trinajstić information content (AvgIpc) is 2.31. The van der Waals surface area contributed by atoms with Crippen LogP contribution in [-0.2, 0) is 9.53 Å². The second-order valence-electron chi connectivity index (χ2n) is 3.68. The number of hydrogen-bond donors (Lipinski definition) is 2. The van der Waals surface area contributed by atoms with Gasteiger partial charge in [0.1, 0.15) is 11.0 Å². The van der Waals surface area contributed by atoms with Gasteiger partial charge >= 0.3 is 5.97 Å². The molecule has 1 rings (SSSR count). The lowest BCUT2D eigenvalue weighted by Crippen LogP contribution is -2.28. The van der Waals surface area contributed by atoms with Gasteiger partial charge in [0.15, 0.2) is 0 Å². The lowest BCUT2D eigenvalue weighted by Gasteiger charge is -2.15. The Hall–Kier alpha value is -1.33. The molecule has 6 heteroatoms. The van der Waals surface area contributed by atoms with Crippen LogP contribution < -0.4 is 11.1 Å². The maximum atomic E-state index is 11.5. The van der Waals surface area contributed by atoms with Gasteiger partial charge in [-0.3, -0.25) is 0 Å². The Morgan fingerprint density at radius 3 is 2.78 bits per heavy atom. The fourth-order valence-corrected chi connectivity index (χ4v) is 1.71. The van der Waals surface area contributed by atoms with Gasteiger partial charge in [-0.1, -0.05) is 23.8 Å². The second kappa shape index (κ2) is 6.56. The first-order chi connectivity index (χ1) is 8.45. The van der Waals surface area contributed by atoms with Crippen LogP contribution in [0.1, 0.15) is 19.4 Å². The van der Waals surface area contributed by atoms with Gasteiger partial charge in [-0.15, -0.1) is 0 Å². The van der Waals surface area contributed by atoms with Gasteiger partial charge in [0.05, 0.1) is 17.3 Å². The number of ether oxygens (including phenoxy) is 1. The van der Waals surface area contributed by atoms with Crippen molar-refractivity contribution in [1.82, 2.24) is 0 Å². The largest absolute Gasteiger partial charge is 0.464 e. The standard InChI is InChI=1S/C12H15ClN2O2S/c1-3-17-12(16)7(2)15-10-5-4-8(11(14)18)6-9(10)13/h4-7,15H,3H2,1-2H3,(H2,14,18). The number of rotatable bonds is 5. The summed E-state index contributed by atoms with van der Waals surface area (Å²) >= 11 is 10.9. The number of nitrogens with two attached hydrogens (primary N) is 1. The van der Waals surface area contributed by atoms with Gasteiger partial charge < -0.3 is 15.8 Å². The summed E-state index contributed by atoms with van der Waals surface area (Å²) in [5.41, 5.74) is 6.82. The zero-order valence-electron chi connectivity index (χ0n) is 10.2. The highest BCUT2D eigenvalue weighted by molar-refractivity contribution is 7.80. The quantitative estimate of drug-likeness (QED) is 0.642. The number of hydrogen-bond acceptors (Lipinski definition) is 4. The molecular formula is C12H15ClN2O2S. The molecule has 3 N–H and O–H groups in total. The van der Waals surface area contributed by atoms with Crippen molar-refractivity contribution in [3.63, 3.8) is 0 Å². The van der Waals surface area contributed by atoms with Crippen molar-refractivity contribution in [3.05, 3.63) is 28.8 Å². The van der Waals surface area contributed by atoms with E-state index in [-0.39, 0.29) is 11.0 Å². The molecule has 0 heterocycles. The summed E-state index contributed by atoms with van der Waals surface area (Å²) in [5, 5.41) is 3.43. The van der Waals surface area contributed by atoms with Gasteiger partial charge in [0.25, 0.3) is 0 Å². The smallest absolute Gasteiger partial charge is 0.328 e. The van der Waals surface area contributed by atoms with Crippen LogP contribution in [0.3, 0.4) is 0 Å². The van der Waals surface area contributed by atoms with Crippen LogP contribution in [0, 0.1) is 0 Å². The molecule has 4 nitrogen and oxygen atoms in total. The Bertz CT molecular complexity index is 465. The molecule has 0 saturated carbocycles. The molecule has 0 aromatic heterocycles. The van der Waals surface area contributed by atoms with E-state index in [1.54, 1.807) is 32.0 Å². The molecule has 0 spiro atoms. The number of esters is 1. The number of anilines is 1. The summed E-state index contributed by atoms with van der Waals surface area (Å²) in [6.07, 6.45) is 0. The van der Waals surface area contributed by atoms with Crippen LogP contribution in [0.4, 0.5) is 5.69 Å². The molecule has 0 saturated heterocycles. The number of benzene rings is 1. The normalized spacial score (nSPS) is 11.7. The van der Waals surface area contributed by atoms with Crippen molar-refractivity contribution < 1.29 is 9.53 Å². The van der Waals surface area contributed by atoms with Crippen molar-refractivity contribution in [3.8, 4) is 0 Å². The molecule has 18 heavy (non-hydrogen) atoms. The molecule has 0 bridgehead atoms. The van der Waals surface area contributed by atoms with Crippen molar-refractivity contribution >= 4 is 40.5 Å². The van der Waals surface area contributed by atoms with Crippen LogP contribution in [0.25, 0.3) is 0 Å². The van der Waals surface area contributed by atoms with Gasteiger partial charge in [-0.05, 0) is 32.0 Å². The topological polar surface area (TPSA) is 64.3 Å². The monoisotopic (exact) mass is 286 g/mol. The minimum atomic E-state index is -0.474. The minimum absolute atomic E-state index is 0.280. The second-order valence-corrected chi connectivity index (χ2v) is 4.52. The fourth-order valence-electron chi connectivity index (χ4n) is 1.34. The highest BCUT2D eigenvalue weighted by atomic mass is 35.5. The SMILES string of the molecule is CCOC(=O)C(C)Nc1ccc(C(N)=S)cc1Cl. The first kappa shape index (κ1) is 14.7. The molecule has 1 unspecified atom stereocenters. The van der Waals surface area contributed by atoms with Crippen LogP contribution in [0.15, 0.2) is 18.2 Å². The van der Waals surface area contributed by atoms with E-state index >= 15 is 0 Å². The van der Waals surface area contributed by atoms with Gasteiger partial charge in [-0.25, -0.2) is 4.79 Å². The van der Waals surface area contributed by atoms with Crippen LogP contribution in [-0.4, -0.2) is 23.6 Å². The first-order valence-electron chi connectivity index (χ1n) is 5.48. The molecule has 0 amide bonds. The Kier molecular flexibility index (Phi) is 5.37. The summed E-state index contributed by atoms with van der Waals surface area (Å²) in [7, 11) is 0. The zero-order chi connectivity index (χ0) is 13.7. The van der Waals surface area contributed by atoms with Crippen LogP contribution in [0.5, 0.6) is 0 Å². The van der Waals surface area contributed by atoms with Gasteiger partial charge in [-0.2, -0.15) is 0 Å². The number of carbonyl (C=O) groups excluding carboxylic acids is 1. The van der Waals surface area contributed by atoms with E-state index in [0.29, 0.717) is 22.9 Å². The van der Waals surface area contributed by atoms with E-state index < -0.39 is 6.04 Å². The molecule has 1 atom stereocenters. The summed E-state index contributed by atoms with van der Waals surface area (Å²) in [6, 6.07) is 4.66. The number of halogens is 1. The number of nitrogens with one attached hydrogen (secondary N) is 1. The Labute approximate surface area is 116 Å². The average molecular weight is 287 g/mol. The maximum absolute atomic E-state index is 11.5. The van der Waals surface area contributed by atoms with E-state index in [0.717, 1.165) is 0 Å². The molecule has 0 aliphatic heterocycles. The minimum Gasteiger partial charge on any atom is -0.464 e. The van der Waals surface area contributed by atoms with E-state index in [4.69, 9.17) is 34.3 Å². The first-order valence-corrected chi connectivity index (χ1v) is 6.26. The fraction of sp³-hybridized carbons (Fsp3) is 0.333. The molecule has 1 aromatic rings. The van der Waals surface area contributed by atoms with Crippen molar-refractivity contribution in [2.75, 3.05) is 11.9 Å². The highest BCUT2D eigenvalue weighted by Crippen LogP contribution is 2.23. The number of thiocarbonyl (C=S) groups is 1. The van der Waals surface area contributed by atoms with E-state index in [9.17, 15) is 4.79 Å². The summed E-state index contributed by atoms with van der Waals surface area (Å²) in [4.78, 5) is 11.7. The maximum Gasteiger partial charge on any atom is 0.328 e. The summed E-state index contributed by atoms with van der Waals surface area (Å²) in [5.74, 6) is -0.327. The molecule has 0 aliphatic carbocycles. The molecule has 0 radical (unpaired) electrons. The van der Waals surface area contributed by atoms with E-state index in [1.165, 1.54) is 0 Å². The predicted octanol–water partition coefficient (Wildman–Crippen LogP) is 2.34. The van der Waals surface area contributed by atoms with Gasteiger partial charge in [0, 0.05) is 5.56 Å². The lowest BCUT2D eigenvalue weighted by atomic mass is 10.2. The van der Waals surface area contributed by atoms with E-state index in [2.05, 4.69) is 5.32 Å². The summed E-state index contributed by atoms with van der Waals surface area (Å²) in [6.45, 7) is 3.81. The third-order valence-electron chi connectivity index (χ3n) is 2.27. The molecule has 0 fully saturated rings. The van der Waals surface area contributed by atoms with Gasteiger partial charge in [0.2, 0.25) is 0 Å². The zero-order valence-corrected chi connectivity index (χ0v) is 11.8. The Morgan fingerprint density at radius 1 is 1.61 bits per heavy atom. The van der Waals surface area contributed by atoms with Crippen LogP contribution in [0.2, 0.25) is 5.02 Å². The molecule has 98 valence electrons. The Morgan fingerprint density at radius 2 is 2.28 bits per heavy atom. The lowest BCUT2D eigenvalue weighted by molar-refractivity contribution is -0.143. The predicted molar refractivity (Wildman–Crippen MR) is 77.1 cm³/mol. The third-order valence-corrected chi connectivity index (χ3v) is 2.81. The van der Waals surface area contributed by atoms with Crippen molar-refractivity contribution in [2.45, 2.75) is 19.9 Å². The van der Waals surface area contributed by atoms with Crippen molar-refractivity contribution in [1.29, 1.82) is 0 Å². The van der Waals surface area contributed by atoms with Crippen LogP contribution >= 0.6 is 23.8 Å².